The number of benzene rings is 1. The Morgan fingerprint density at radius 1 is 1.09 bits per heavy atom. The third-order valence-electron chi connectivity index (χ3n) is 4.61. The molecule has 1 aromatic carbocycles. The average Bonchev–Trinajstić information content (AvgIpc) is 2.84. The molecule has 0 radical (unpaired) electrons. The first-order chi connectivity index (χ1) is 11.1. The molecule has 6 heteroatoms. The highest BCUT2D eigenvalue weighted by molar-refractivity contribution is 6.05. The third kappa shape index (κ3) is 3.22. The van der Waals surface area contributed by atoms with Crippen molar-refractivity contribution in [3.8, 4) is 0 Å². The zero-order valence-electron chi connectivity index (χ0n) is 13.4. The summed E-state index contributed by atoms with van der Waals surface area (Å²) in [7, 11) is 0. The Morgan fingerprint density at radius 3 is 2.35 bits per heavy atom. The minimum absolute atomic E-state index is 0.0490. The van der Waals surface area contributed by atoms with E-state index in [1.807, 2.05) is 6.92 Å². The van der Waals surface area contributed by atoms with E-state index in [1.54, 1.807) is 12.1 Å². The van der Waals surface area contributed by atoms with Gasteiger partial charge >= 0.3 is 0 Å². The van der Waals surface area contributed by atoms with Gasteiger partial charge < -0.3 is 4.90 Å². The van der Waals surface area contributed by atoms with Gasteiger partial charge in [-0.2, -0.15) is 0 Å². The zero-order chi connectivity index (χ0) is 16.4. The fraction of sp³-hybridized carbons (Fsp3) is 0.529. The van der Waals surface area contributed by atoms with E-state index in [0.717, 1.165) is 38.3 Å². The lowest BCUT2D eigenvalue weighted by Gasteiger charge is -2.38. The van der Waals surface area contributed by atoms with E-state index in [1.165, 1.54) is 17.0 Å². The third-order valence-corrected chi connectivity index (χ3v) is 4.61. The number of hydrogen-bond donors (Lipinski definition) is 0. The normalized spacial score (nSPS) is 23.0. The van der Waals surface area contributed by atoms with Gasteiger partial charge in [0.15, 0.2) is 0 Å². The maximum atomic E-state index is 13.0. The molecule has 0 bridgehead atoms. The van der Waals surface area contributed by atoms with E-state index in [-0.39, 0.29) is 23.7 Å². The summed E-state index contributed by atoms with van der Waals surface area (Å²) >= 11 is 0. The predicted octanol–water partition coefficient (Wildman–Crippen LogP) is 1.49. The smallest absolute Gasteiger partial charge is 0.247 e. The molecule has 2 heterocycles. The van der Waals surface area contributed by atoms with Gasteiger partial charge in [-0.3, -0.25) is 19.4 Å². The van der Waals surface area contributed by atoms with Crippen LogP contribution in [0.5, 0.6) is 0 Å². The lowest BCUT2D eigenvalue weighted by Crippen LogP contribution is -2.52. The van der Waals surface area contributed by atoms with Crippen LogP contribution in [0.25, 0.3) is 0 Å². The van der Waals surface area contributed by atoms with Gasteiger partial charge in [0.2, 0.25) is 11.8 Å². The molecule has 1 atom stereocenters. The number of rotatable bonds is 4. The van der Waals surface area contributed by atoms with Crippen molar-refractivity contribution in [3.05, 3.63) is 30.1 Å². The first-order valence-corrected chi connectivity index (χ1v) is 8.19. The van der Waals surface area contributed by atoms with Crippen LogP contribution in [0.3, 0.4) is 0 Å². The number of likely N-dealkylation sites (tertiary alicyclic amines) is 1. The number of hydrogen-bond acceptors (Lipinski definition) is 4. The van der Waals surface area contributed by atoms with Crippen LogP contribution in [0.15, 0.2) is 24.3 Å². The standard InChI is InChI=1S/C17H22FN3O2/c1-2-7-21-16(22)12-15(17(21)23)20-10-8-19(9-11-20)14-5-3-13(18)4-6-14/h3-6,15H,2,7-12H2,1H3/t15-/m0/s1. The van der Waals surface area contributed by atoms with Crippen molar-refractivity contribution >= 4 is 17.5 Å². The first kappa shape index (κ1) is 15.9. The Hall–Kier alpha value is -1.95. The molecule has 2 aliphatic rings. The molecule has 0 N–H and O–H groups in total. The van der Waals surface area contributed by atoms with E-state index in [9.17, 15) is 14.0 Å². The summed E-state index contributed by atoms with van der Waals surface area (Å²) in [5, 5.41) is 0. The van der Waals surface area contributed by atoms with Crippen LogP contribution < -0.4 is 4.90 Å². The molecular formula is C17H22FN3O2. The van der Waals surface area contributed by atoms with Crippen molar-refractivity contribution in [2.24, 2.45) is 0 Å². The quantitative estimate of drug-likeness (QED) is 0.789. The molecule has 2 saturated heterocycles. The van der Waals surface area contributed by atoms with Crippen molar-refractivity contribution in [1.82, 2.24) is 9.80 Å². The number of halogens is 1. The molecule has 23 heavy (non-hydrogen) atoms. The second-order valence-corrected chi connectivity index (χ2v) is 6.10. The van der Waals surface area contributed by atoms with Gasteiger partial charge in [0.1, 0.15) is 5.82 Å². The van der Waals surface area contributed by atoms with Crippen LogP contribution >= 0.6 is 0 Å². The van der Waals surface area contributed by atoms with Gasteiger partial charge in [0, 0.05) is 38.4 Å². The molecule has 0 saturated carbocycles. The maximum Gasteiger partial charge on any atom is 0.247 e. The van der Waals surface area contributed by atoms with E-state index in [2.05, 4.69) is 9.80 Å². The molecule has 0 aromatic heterocycles. The molecular weight excluding hydrogens is 297 g/mol. The summed E-state index contributed by atoms with van der Waals surface area (Å²) in [5.74, 6) is -0.339. The van der Waals surface area contributed by atoms with Gasteiger partial charge in [-0.15, -0.1) is 0 Å². The minimum Gasteiger partial charge on any atom is -0.369 e. The highest BCUT2D eigenvalue weighted by atomic mass is 19.1. The average molecular weight is 319 g/mol. The number of imide groups is 1. The molecule has 2 aliphatic heterocycles. The number of amides is 2. The maximum absolute atomic E-state index is 13.0. The number of anilines is 1. The Bertz CT molecular complexity index is 582. The Kier molecular flexibility index (Phi) is 4.61. The van der Waals surface area contributed by atoms with Crippen LogP contribution in [0.1, 0.15) is 19.8 Å². The van der Waals surface area contributed by atoms with E-state index >= 15 is 0 Å². The Balaban J connectivity index is 1.60. The second kappa shape index (κ2) is 6.66. The van der Waals surface area contributed by atoms with Gasteiger partial charge in [0.05, 0.1) is 12.5 Å². The van der Waals surface area contributed by atoms with Crippen molar-refractivity contribution in [1.29, 1.82) is 0 Å². The van der Waals surface area contributed by atoms with E-state index in [0.29, 0.717) is 13.0 Å². The summed E-state index contributed by atoms with van der Waals surface area (Å²) < 4.78 is 13.0. The van der Waals surface area contributed by atoms with Crippen molar-refractivity contribution in [2.75, 3.05) is 37.6 Å². The van der Waals surface area contributed by atoms with Gasteiger partial charge in [0.25, 0.3) is 0 Å². The number of carbonyl (C=O) groups excluding carboxylic acids is 2. The van der Waals surface area contributed by atoms with Crippen LogP contribution in [0.4, 0.5) is 10.1 Å². The molecule has 0 aliphatic carbocycles. The molecule has 3 rings (SSSR count). The van der Waals surface area contributed by atoms with Gasteiger partial charge in [-0.05, 0) is 30.7 Å². The second-order valence-electron chi connectivity index (χ2n) is 6.10. The topological polar surface area (TPSA) is 43.9 Å². The van der Waals surface area contributed by atoms with E-state index < -0.39 is 0 Å². The largest absolute Gasteiger partial charge is 0.369 e. The van der Waals surface area contributed by atoms with E-state index in [4.69, 9.17) is 0 Å². The lowest BCUT2D eigenvalue weighted by atomic mass is 10.1. The fourth-order valence-electron chi connectivity index (χ4n) is 3.35. The summed E-state index contributed by atoms with van der Waals surface area (Å²) in [4.78, 5) is 30.1. The highest BCUT2D eigenvalue weighted by Crippen LogP contribution is 2.23. The SMILES string of the molecule is CCCN1C(=O)C[C@H](N2CCN(c3ccc(F)cc3)CC2)C1=O. The van der Waals surface area contributed by atoms with Gasteiger partial charge in [-0.1, -0.05) is 6.92 Å². The molecule has 0 spiro atoms. The first-order valence-electron chi connectivity index (χ1n) is 8.19. The Labute approximate surface area is 135 Å². The van der Waals surface area contributed by atoms with Crippen molar-refractivity contribution in [3.63, 3.8) is 0 Å². The highest BCUT2D eigenvalue weighted by Gasteiger charge is 2.41. The molecule has 2 amide bonds. The summed E-state index contributed by atoms with van der Waals surface area (Å²) in [5.41, 5.74) is 0.993. The number of carbonyl (C=O) groups is 2. The lowest BCUT2D eigenvalue weighted by molar-refractivity contribution is -0.139. The molecule has 0 unspecified atom stereocenters. The minimum atomic E-state index is -0.301. The summed E-state index contributed by atoms with van der Waals surface area (Å²) in [6.07, 6.45) is 1.10. The molecule has 124 valence electrons. The summed E-state index contributed by atoms with van der Waals surface area (Å²) in [6, 6.07) is 6.17. The molecule has 5 nitrogen and oxygen atoms in total. The van der Waals surface area contributed by atoms with Crippen LogP contribution in [0, 0.1) is 5.82 Å². The van der Waals surface area contributed by atoms with Crippen molar-refractivity contribution in [2.45, 2.75) is 25.8 Å². The van der Waals surface area contributed by atoms with Crippen LogP contribution in [0.2, 0.25) is 0 Å². The molecule has 2 fully saturated rings. The van der Waals surface area contributed by atoms with Gasteiger partial charge in [-0.25, -0.2) is 4.39 Å². The predicted molar refractivity (Wildman–Crippen MR) is 85.6 cm³/mol. The molecule has 1 aromatic rings. The fourth-order valence-corrected chi connectivity index (χ4v) is 3.35. The van der Waals surface area contributed by atoms with Crippen LogP contribution in [-0.2, 0) is 9.59 Å². The number of piperazine rings is 1. The zero-order valence-corrected chi connectivity index (χ0v) is 13.4. The van der Waals surface area contributed by atoms with Crippen LogP contribution in [-0.4, -0.2) is 60.4 Å². The number of nitrogens with zero attached hydrogens (tertiary/aromatic N) is 3. The Morgan fingerprint density at radius 2 is 1.74 bits per heavy atom. The van der Waals surface area contributed by atoms with Crippen molar-refractivity contribution < 1.29 is 14.0 Å². The monoisotopic (exact) mass is 319 g/mol. The summed E-state index contributed by atoms with van der Waals surface area (Å²) in [6.45, 7) is 5.51.